The Kier molecular flexibility index (Phi) is 16.3. The highest BCUT2D eigenvalue weighted by Gasteiger charge is 2.19. The molecule has 4 rings (SSSR count). The molecular weight excluding hydrogens is 604 g/mol. The van der Waals surface area contributed by atoms with Crippen LogP contribution in [0, 0.1) is 0 Å². The number of ether oxygens (including phenoxy) is 5. The molecule has 0 radical (unpaired) electrons. The summed E-state index contributed by atoms with van der Waals surface area (Å²) in [6.07, 6.45) is 0. The number of hydrogen-bond donors (Lipinski definition) is 4. The maximum atomic E-state index is 10.9. The highest BCUT2D eigenvalue weighted by Crippen LogP contribution is 2.39. The lowest BCUT2D eigenvalue weighted by Crippen LogP contribution is -2.03. The molecule has 0 saturated carbocycles. The van der Waals surface area contributed by atoms with Gasteiger partial charge in [-0.25, -0.2) is 19.2 Å². The SMILES string of the molecule is COc1ccc(C(=O)O)c(OC)c1OC.COc1ccc(C(=O)O)cc1.COc1ccccc1C(=O)O.O=C(O)c1ccccc1. The molecule has 4 N–H and O–H groups in total. The summed E-state index contributed by atoms with van der Waals surface area (Å²) < 4.78 is 24.7. The minimum atomic E-state index is -1.08. The zero-order valence-corrected chi connectivity index (χ0v) is 25.6. The molecule has 244 valence electrons. The van der Waals surface area contributed by atoms with E-state index in [0.29, 0.717) is 22.8 Å². The molecule has 0 spiro atoms. The fraction of sp³-hybridized carbons (Fsp3) is 0.152. The summed E-state index contributed by atoms with van der Waals surface area (Å²) >= 11 is 0. The Morgan fingerprint density at radius 3 is 1.28 bits per heavy atom. The van der Waals surface area contributed by atoms with Crippen molar-refractivity contribution in [3.8, 4) is 28.7 Å². The van der Waals surface area contributed by atoms with E-state index in [1.54, 1.807) is 60.7 Å². The lowest BCUT2D eigenvalue weighted by Gasteiger charge is -2.13. The van der Waals surface area contributed by atoms with Crippen molar-refractivity contribution in [2.75, 3.05) is 35.5 Å². The first-order chi connectivity index (χ1) is 21.9. The van der Waals surface area contributed by atoms with Crippen molar-refractivity contribution in [3.05, 3.63) is 113 Å². The number of para-hydroxylation sites is 1. The summed E-state index contributed by atoms with van der Waals surface area (Å²) in [6, 6.07) is 24.0. The second-order valence-corrected chi connectivity index (χ2v) is 8.40. The molecule has 0 atom stereocenters. The normalized spacial score (nSPS) is 9.24. The van der Waals surface area contributed by atoms with Gasteiger partial charge < -0.3 is 44.1 Å². The molecule has 0 heterocycles. The van der Waals surface area contributed by atoms with E-state index in [4.69, 9.17) is 44.1 Å². The second-order valence-electron chi connectivity index (χ2n) is 8.40. The largest absolute Gasteiger partial charge is 0.497 e. The average molecular weight is 639 g/mol. The Labute approximate surface area is 264 Å². The third kappa shape index (κ3) is 11.8. The lowest BCUT2D eigenvalue weighted by atomic mass is 10.1. The van der Waals surface area contributed by atoms with Crippen LogP contribution in [0.1, 0.15) is 41.4 Å². The molecule has 13 nitrogen and oxygen atoms in total. The molecule has 4 aromatic carbocycles. The van der Waals surface area contributed by atoms with Gasteiger partial charge in [0, 0.05) is 0 Å². The van der Waals surface area contributed by atoms with E-state index >= 15 is 0 Å². The molecule has 0 aliphatic carbocycles. The van der Waals surface area contributed by atoms with Crippen LogP contribution in [0.15, 0.2) is 91.0 Å². The van der Waals surface area contributed by atoms with Gasteiger partial charge in [-0.05, 0) is 60.7 Å². The summed E-state index contributed by atoms with van der Waals surface area (Å²) in [5.41, 5.74) is 0.827. The van der Waals surface area contributed by atoms with Crippen LogP contribution in [0.4, 0.5) is 0 Å². The molecule has 0 aromatic heterocycles. The van der Waals surface area contributed by atoms with Gasteiger partial charge in [0.2, 0.25) is 5.75 Å². The Morgan fingerprint density at radius 2 is 0.891 bits per heavy atom. The predicted octanol–water partition coefficient (Wildman–Crippen LogP) is 5.58. The average Bonchev–Trinajstić information content (AvgIpc) is 3.08. The Hall–Kier alpha value is -6.24. The monoisotopic (exact) mass is 638 g/mol. The molecule has 46 heavy (non-hydrogen) atoms. The van der Waals surface area contributed by atoms with Crippen molar-refractivity contribution in [1.29, 1.82) is 0 Å². The number of methoxy groups -OCH3 is 5. The van der Waals surface area contributed by atoms with Crippen LogP contribution < -0.4 is 23.7 Å². The predicted molar refractivity (Wildman–Crippen MR) is 166 cm³/mol. The third-order valence-corrected chi connectivity index (χ3v) is 5.63. The van der Waals surface area contributed by atoms with E-state index in [1.165, 1.54) is 65.9 Å². The first-order valence-corrected chi connectivity index (χ1v) is 13.0. The molecule has 13 heteroatoms. The number of carbonyl (C=O) groups is 4. The van der Waals surface area contributed by atoms with Crippen LogP contribution in [0.5, 0.6) is 28.7 Å². The molecule has 0 unspecified atom stereocenters. The number of carboxylic acid groups (broad SMARTS) is 4. The molecule has 0 aliphatic rings. The van der Waals surface area contributed by atoms with Gasteiger partial charge >= 0.3 is 23.9 Å². The maximum Gasteiger partial charge on any atom is 0.339 e. The molecule has 0 aliphatic heterocycles. The highest BCUT2D eigenvalue weighted by atomic mass is 16.5. The standard InChI is InChI=1S/C10H12O5.2C8H8O3.C7H6O2/c1-13-7-5-4-6(10(11)12)8(14-2)9(7)15-3;1-11-7-4-2-6(3-5-7)8(9)10;1-11-7-5-3-2-4-6(7)8(9)10;8-7(9)6-4-2-1-3-5-6/h4-5H,1-3H3,(H,11,12);2*2-5H,1H3,(H,9,10);1-5H,(H,8,9). The summed E-state index contributed by atoms with van der Waals surface area (Å²) in [7, 11) is 7.25. The smallest absolute Gasteiger partial charge is 0.339 e. The summed E-state index contributed by atoms with van der Waals surface area (Å²) in [5, 5.41) is 34.4. The minimum Gasteiger partial charge on any atom is -0.497 e. The second kappa shape index (κ2) is 19.9. The lowest BCUT2D eigenvalue weighted by molar-refractivity contribution is 0.0681. The van der Waals surface area contributed by atoms with Gasteiger partial charge in [-0.3, -0.25) is 0 Å². The number of aromatic carboxylic acids is 4. The fourth-order valence-corrected chi connectivity index (χ4v) is 3.41. The van der Waals surface area contributed by atoms with Crippen molar-refractivity contribution in [3.63, 3.8) is 0 Å². The van der Waals surface area contributed by atoms with Gasteiger partial charge in [0.05, 0.1) is 46.7 Å². The van der Waals surface area contributed by atoms with Gasteiger partial charge in [0.1, 0.15) is 22.6 Å². The summed E-state index contributed by atoms with van der Waals surface area (Å²) in [5.74, 6) is -1.93. The van der Waals surface area contributed by atoms with E-state index in [9.17, 15) is 19.2 Å². The van der Waals surface area contributed by atoms with Gasteiger partial charge in [-0.1, -0.05) is 30.3 Å². The molecule has 0 bridgehead atoms. The minimum absolute atomic E-state index is 0.0372. The van der Waals surface area contributed by atoms with E-state index < -0.39 is 23.9 Å². The molecule has 0 amide bonds. The Bertz CT molecular complexity index is 1570. The molecule has 0 saturated heterocycles. The van der Waals surface area contributed by atoms with Crippen LogP contribution in [-0.2, 0) is 0 Å². The summed E-state index contributed by atoms with van der Waals surface area (Å²) in [4.78, 5) is 41.9. The molecule has 0 fully saturated rings. The van der Waals surface area contributed by atoms with E-state index in [-0.39, 0.29) is 28.2 Å². The zero-order valence-electron chi connectivity index (χ0n) is 25.6. The van der Waals surface area contributed by atoms with Crippen LogP contribution in [0.2, 0.25) is 0 Å². The first-order valence-electron chi connectivity index (χ1n) is 13.0. The molecular formula is C33H34O13. The molecule has 4 aromatic rings. The van der Waals surface area contributed by atoms with Crippen molar-refractivity contribution in [2.45, 2.75) is 0 Å². The van der Waals surface area contributed by atoms with Gasteiger partial charge in [0.25, 0.3) is 0 Å². The number of carboxylic acids is 4. The van der Waals surface area contributed by atoms with Crippen molar-refractivity contribution >= 4 is 23.9 Å². The number of rotatable bonds is 9. The highest BCUT2D eigenvalue weighted by molar-refractivity contribution is 5.93. The van der Waals surface area contributed by atoms with E-state index in [0.717, 1.165) is 0 Å². The fourth-order valence-electron chi connectivity index (χ4n) is 3.41. The van der Waals surface area contributed by atoms with Gasteiger partial charge in [0.15, 0.2) is 11.5 Å². The van der Waals surface area contributed by atoms with Crippen LogP contribution in [0.25, 0.3) is 0 Å². The zero-order chi connectivity index (χ0) is 34.6. The van der Waals surface area contributed by atoms with E-state index in [2.05, 4.69) is 0 Å². The van der Waals surface area contributed by atoms with Crippen molar-refractivity contribution in [1.82, 2.24) is 0 Å². The topological polar surface area (TPSA) is 195 Å². The maximum absolute atomic E-state index is 10.9. The Balaban J connectivity index is 0.000000312. The Morgan fingerprint density at radius 1 is 0.413 bits per heavy atom. The quantitative estimate of drug-likeness (QED) is 0.177. The van der Waals surface area contributed by atoms with Crippen LogP contribution in [0.3, 0.4) is 0 Å². The van der Waals surface area contributed by atoms with E-state index in [1.807, 2.05) is 0 Å². The van der Waals surface area contributed by atoms with Crippen molar-refractivity contribution < 1.29 is 63.3 Å². The van der Waals surface area contributed by atoms with Crippen LogP contribution in [-0.4, -0.2) is 79.9 Å². The van der Waals surface area contributed by atoms with Crippen molar-refractivity contribution in [2.24, 2.45) is 0 Å². The third-order valence-electron chi connectivity index (χ3n) is 5.63. The first kappa shape index (κ1) is 37.8. The van der Waals surface area contributed by atoms with Crippen LogP contribution >= 0.6 is 0 Å². The number of hydrogen-bond acceptors (Lipinski definition) is 9. The van der Waals surface area contributed by atoms with Gasteiger partial charge in [-0.15, -0.1) is 0 Å². The summed E-state index contributed by atoms with van der Waals surface area (Å²) in [6.45, 7) is 0. The van der Waals surface area contributed by atoms with Gasteiger partial charge in [-0.2, -0.15) is 0 Å². The number of benzene rings is 4.